The summed E-state index contributed by atoms with van der Waals surface area (Å²) in [6.45, 7) is 5.32. The van der Waals surface area contributed by atoms with Gasteiger partial charge in [0.25, 0.3) is 5.91 Å². The van der Waals surface area contributed by atoms with E-state index in [2.05, 4.69) is 4.99 Å². The molecule has 2 aliphatic rings. The molecule has 11 heteroatoms. The van der Waals surface area contributed by atoms with E-state index in [9.17, 15) is 18.3 Å². The first-order valence-corrected chi connectivity index (χ1v) is 14.3. The second kappa shape index (κ2) is 9.53. The molecule has 3 aromatic rings. The van der Waals surface area contributed by atoms with Crippen LogP contribution in [-0.4, -0.2) is 83.7 Å². The summed E-state index contributed by atoms with van der Waals surface area (Å²) in [5.74, 6) is 0.591. The lowest BCUT2D eigenvalue weighted by Gasteiger charge is -2.35. The van der Waals surface area contributed by atoms with Gasteiger partial charge in [0, 0.05) is 43.2 Å². The molecule has 4 heterocycles. The Morgan fingerprint density at radius 3 is 2.65 bits per heavy atom. The van der Waals surface area contributed by atoms with Gasteiger partial charge in [0.2, 0.25) is 0 Å². The lowest BCUT2D eigenvalue weighted by Crippen LogP contribution is -2.39. The average molecular weight is 525 g/mol. The number of aryl methyl sites for hydroxylation is 2. The van der Waals surface area contributed by atoms with Crippen LogP contribution in [0.2, 0.25) is 0 Å². The van der Waals surface area contributed by atoms with E-state index in [-0.39, 0.29) is 16.8 Å². The molecule has 1 aromatic carbocycles. The number of β-amino-alcohol motifs (C(OH)–C–C–N with tert-alkyl or cyclic N) is 1. The molecular formula is C26H32N6O4S. The van der Waals surface area contributed by atoms with Crippen molar-refractivity contribution in [3.63, 3.8) is 0 Å². The number of aromatic nitrogens is 3. The maximum absolute atomic E-state index is 13.7. The molecule has 196 valence electrons. The molecule has 2 atom stereocenters. The third-order valence-electron chi connectivity index (χ3n) is 7.31. The predicted octanol–water partition coefficient (Wildman–Crippen LogP) is 2.37. The van der Waals surface area contributed by atoms with Gasteiger partial charge in [-0.05, 0) is 50.8 Å². The van der Waals surface area contributed by atoms with Crippen molar-refractivity contribution in [2.45, 2.75) is 50.2 Å². The topological polar surface area (TPSA) is 120 Å². The second-order valence-corrected chi connectivity index (χ2v) is 12.0. The number of benzene rings is 1. The van der Waals surface area contributed by atoms with Gasteiger partial charge < -0.3 is 14.9 Å². The first-order chi connectivity index (χ1) is 17.6. The monoisotopic (exact) mass is 524 g/mol. The second-order valence-electron chi connectivity index (χ2n) is 9.99. The molecule has 2 fully saturated rings. The van der Waals surface area contributed by atoms with Crippen LogP contribution in [0.5, 0.6) is 0 Å². The molecule has 1 N–H and O–H groups in total. The van der Waals surface area contributed by atoms with E-state index in [4.69, 9.17) is 10.1 Å². The van der Waals surface area contributed by atoms with E-state index < -0.39 is 15.9 Å². The lowest BCUT2D eigenvalue weighted by molar-refractivity contribution is 0.0604. The summed E-state index contributed by atoms with van der Waals surface area (Å²) in [5.41, 5.74) is 4.22. The number of aliphatic imine (C=N–C) groups is 1. The van der Waals surface area contributed by atoms with Crippen molar-refractivity contribution in [3.8, 4) is 0 Å². The van der Waals surface area contributed by atoms with Crippen molar-refractivity contribution >= 4 is 32.9 Å². The lowest BCUT2D eigenvalue weighted by atomic mass is 9.97. The zero-order chi connectivity index (χ0) is 26.5. The van der Waals surface area contributed by atoms with E-state index in [0.29, 0.717) is 30.8 Å². The third kappa shape index (κ3) is 4.73. The van der Waals surface area contributed by atoms with Crippen molar-refractivity contribution in [2.24, 2.45) is 4.99 Å². The fourth-order valence-electron chi connectivity index (χ4n) is 5.26. The number of anilines is 1. The van der Waals surface area contributed by atoms with Crippen LogP contribution in [0.4, 0.5) is 5.82 Å². The van der Waals surface area contributed by atoms with E-state index in [1.807, 2.05) is 35.9 Å². The molecule has 1 amide bonds. The minimum atomic E-state index is -3.44. The summed E-state index contributed by atoms with van der Waals surface area (Å²) in [6.07, 6.45) is 5.07. The van der Waals surface area contributed by atoms with E-state index in [0.717, 1.165) is 53.9 Å². The molecule has 0 aliphatic carbocycles. The first kappa shape index (κ1) is 25.3. The van der Waals surface area contributed by atoms with Crippen LogP contribution in [0.25, 0.3) is 5.65 Å². The number of sulfone groups is 1. The van der Waals surface area contributed by atoms with Gasteiger partial charge in [0.1, 0.15) is 11.9 Å². The maximum atomic E-state index is 13.7. The number of likely N-dealkylation sites (tertiary alicyclic amines) is 1. The number of hydrogen-bond donors (Lipinski definition) is 1. The molecule has 2 aromatic heterocycles. The summed E-state index contributed by atoms with van der Waals surface area (Å²) in [6, 6.07) is 6.39. The van der Waals surface area contributed by atoms with Gasteiger partial charge in [0.05, 0.1) is 35.4 Å². The van der Waals surface area contributed by atoms with E-state index in [1.54, 1.807) is 17.6 Å². The summed E-state index contributed by atoms with van der Waals surface area (Å²) < 4.78 is 26.0. The Hall–Kier alpha value is -3.31. The normalized spacial score (nSPS) is 21.8. The Labute approximate surface area is 216 Å². The van der Waals surface area contributed by atoms with Gasteiger partial charge >= 0.3 is 0 Å². The van der Waals surface area contributed by atoms with Gasteiger partial charge in [0.15, 0.2) is 15.5 Å². The standard InChI is InChI=1S/C26H32N6O4S/c1-16-8-9-18(37(4,35)36)11-19(16)26(34)31-10-6-5-7-22(31)20-12-24-28-25(17(2)13-32(24)29-20)30-14-21(27-3)23(33)15-30/h8-9,11-13,22-23,33H,5-7,10,14-15H2,1-4H3/b27-21-/t22-,23-/m0/s1. The predicted molar refractivity (Wildman–Crippen MR) is 141 cm³/mol. The minimum absolute atomic E-state index is 0.137. The first-order valence-electron chi connectivity index (χ1n) is 12.4. The number of piperidine rings is 1. The van der Waals surface area contributed by atoms with Crippen molar-refractivity contribution in [2.75, 3.05) is 37.8 Å². The zero-order valence-electron chi connectivity index (χ0n) is 21.5. The quantitative estimate of drug-likeness (QED) is 0.556. The Morgan fingerprint density at radius 2 is 1.95 bits per heavy atom. The van der Waals surface area contributed by atoms with Gasteiger partial charge in [-0.2, -0.15) is 5.10 Å². The van der Waals surface area contributed by atoms with Crippen LogP contribution in [0.15, 0.2) is 40.4 Å². The number of carbonyl (C=O) groups is 1. The number of fused-ring (bicyclic) bond motifs is 1. The number of hydrogen-bond acceptors (Lipinski definition) is 8. The molecule has 37 heavy (non-hydrogen) atoms. The van der Waals surface area contributed by atoms with Crippen molar-refractivity contribution < 1.29 is 18.3 Å². The van der Waals surface area contributed by atoms with E-state index >= 15 is 0 Å². The van der Waals surface area contributed by atoms with Crippen LogP contribution < -0.4 is 4.90 Å². The number of rotatable bonds is 4. The van der Waals surface area contributed by atoms with Gasteiger partial charge in [-0.25, -0.2) is 17.9 Å². The summed E-state index contributed by atoms with van der Waals surface area (Å²) >= 11 is 0. The highest BCUT2D eigenvalue weighted by Gasteiger charge is 2.33. The molecule has 0 unspecified atom stereocenters. The molecular weight excluding hydrogens is 492 g/mol. The Balaban J connectivity index is 1.48. The number of amides is 1. The van der Waals surface area contributed by atoms with Crippen LogP contribution >= 0.6 is 0 Å². The number of nitrogens with zero attached hydrogens (tertiary/aromatic N) is 6. The highest BCUT2D eigenvalue weighted by atomic mass is 32.2. The maximum Gasteiger partial charge on any atom is 0.254 e. The van der Waals surface area contributed by atoms with Gasteiger partial charge in [-0.1, -0.05) is 6.07 Å². The Morgan fingerprint density at radius 1 is 1.16 bits per heavy atom. The molecule has 5 rings (SSSR count). The number of carbonyl (C=O) groups excluding carboxylic acids is 1. The molecule has 2 aliphatic heterocycles. The highest BCUT2D eigenvalue weighted by molar-refractivity contribution is 7.90. The average Bonchev–Trinajstić information content (AvgIpc) is 3.45. The SMILES string of the molecule is C/N=C1/CN(c2nc3cc([C@@H]4CCCCN4C(=O)c4cc(S(C)(=O)=O)ccc4C)nn3cc2C)C[C@@H]1O. The Kier molecular flexibility index (Phi) is 6.53. The highest BCUT2D eigenvalue weighted by Crippen LogP contribution is 2.33. The molecule has 0 spiro atoms. The van der Waals surface area contributed by atoms with Crippen molar-refractivity contribution in [1.29, 1.82) is 0 Å². The molecule has 0 bridgehead atoms. The molecule has 10 nitrogen and oxygen atoms in total. The molecule has 0 radical (unpaired) electrons. The van der Waals surface area contributed by atoms with Crippen molar-refractivity contribution in [3.05, 3.63) is 52.8 Å². The van der Waals surface area contributed by atoms with Crippen LogP contribution in [0, 0.1) is 13.8 Å². The minimum Gasteiger partial charge on any atom is -0.385 e. The summed E-state index contributed by atoms with van der Waals surface area (Å²) in [4.78, 5) is 26.7. The third-order valence-corrected chi connectivity index (χ3v) is 8.42. The summed E-state index contributed by atoms with van der Waals surface area (Å²) in [5, 5.41) is 15.1. The van der Waals surface area contributed by atoms with Gasteiger partial charge in [-0.3, -0.25) is 9.79 Å². The molecule has 2 saturated heterocycles. The van der Waals surface area contributed by atoms with Crippen LogP contribution in [0.3, 0.4) is 0 Å². The number of aliphatic hydroxyl groups excluding tert-OH is 1. The van der Waals surface area contributed by atoms with Crippen LogP contribution in [0.1, 0.15) is 52.5 Å². The smallest absolute Gasteiger partial charge is 0.254 e. The fourth-order valence-corrected chi connectivity index (χ4v) is 5.91. The fraction of sp³-hybridized carbons (Fsp3) is 0.462. The molecule has 0 saturated carbocycles. The Bertz CT molecular complexity index is 1510. The summed E-state index contributed by atoms with van der Waals surface area (Å²) in [7, 11) is -1.75. The van der Waals surface area contributed by atoms with Crippen LogP contribution in [-0.2, 0) is 9.84 Å². The zero-order valence-corrected chi connectivity index (χ0v) is 22.4. The number of aliphatic hydroxyl groups is 1. The van der Waals surface area contributed by atoms with Crippen molar-refractivity contribution in [1.82, 2.24) is 19.5 Å². The largest absolute Gasteiger partial charge is 0.385 e. The van der Waals surface area contributed by atoms with E-state index in [1.165, 1.54) is 12.1 Å². The van der Waals surface area contributed by atoms with Gasteiger partial charge in [-0.15, -0.1) is 0 Å².